The standard InChI is InChI=1S/C54H34/c1-2-17-36(18-3-1)49-33-37-20-4-5-21-38(37)34-50(49)52-43-26-10-14-30-47(43)54(48-31-15-11-27-44(48)52)53-45-28-12-8-24-41(45)51(42-25-9-13-29-46(42)53)40-32-16-22-35-19-6-7-23-39(35)40/h1-34H. The minimum Gasteiger partial charge on any atom is -0.0622 e. The molecular weight excluding hydrogens is 649 g/mol. The van der Waals surface area contributed by atoms with Gasteiger partial charge in [-0.25, -0.2) is 0 Å². The Morgan fingerprint density at radius 2 is 0.519 bits per heavy atom. The van der Waals surface area contributed by atoms with Crippen molar-refractivity contribution in [2.24, 2.45) is 0 Å². The molecule has 0 nitrogen and oxygen atoms in total. The zero-order valence-corrected chi connectivity index (χ0v) is 29.6. The Morgan fingerprint density at radius 3 is 1.00 bits per heavy atom. The molecule has 0 atom stereocenters. The summed E-state index contributed by atoms with van der Waals surface area (Å²) in [6.07, 6.45) is 0. The number of fused-ring (bicyclic) bond motifs is 6. The average Bonchev–Trinajstić information content (AvgIpc) is 3.24. The van der Waals surface area contributed by atoms with E-state index in [9.17, 15) is 0 Å². The molecule has 11 aromatic carbocycles. The molecule has 11 rings (SSSR count). The van der Waals surface area contributed by atoms with Crippen molar-refractivity contribution in [3.63, 3.8) is 0 Å². The van der Waals surface area contributed by atoms with Gasteiger partial charge in [0, 0.05) is 0 Å². The molecule has 11 aromatic rings. The molecule has 0 radical (unpaired) electrons. The summed E-state index contributed by atoms with van der Waals surface area (Å²) in [4.78, 5) is 0. The van der Waals surface area contributed by atoms with Crippen molar-refractivity contribution in [1.82, 2.24) is 0 Å². The highest BCUT2D eigenvalue weighted by atomic mass is 14.3. The molecule has 0 aromatic heterocycles. The maximum absolute atomic E-state index is 2.41. The predicted octanol–water partition coefficient (Wildman–Crippen LogP) is 15.3. The van der Waals surface area contributed by atoms with Crippen LogP contribution in [0.3, 0.4) is 0 Å². The van der Waals surface area contributed by atoms with E-state index in [2.05, 4.69) is 206 Å². The second-order valence-electron chi connectivity index (χ2n) is 14.3. The molecular formula is C54H34. The van der Waals surface area contributed by atoms with Gasteiger partial charge in [0.15, 0.2) is 0 Å². The Bertz CT molecular complexity index is 3140. The second-order valence-corrected chi connectivity index (χ2v) is 14.3. The molecule has 0 spiro atoms. The molecule has 0 heterocycles. The first-order chi connectivity index (χ1) is 26.8. The molecule has 0 fully saturated rings. The van der Waals surface area contributed by atoms with Crippen LogP contribution in [0.5, 0.6) is 0 Å². The van der Waals surface area contributed by atoms with Crippen LogP contribution < -0.4 is 0 Å². The number of hydrogen-bond acceptors (Lipinski definition) is 0. The van der Waals surface area contributed by atoms with Crippen LogP contribution in [0.1, 0.15) is 0 Å². The van der Waals surface area contributed by atoms with E-state index >= 15 is 0 Å². The third kappa shape index (κ3) is 4.64. The monoisotopic (exact) mass is 682 g/mol. The third-order valence-electron chi connectivity index (χ3n) is 11.4. The van der Waals surface area contributed by atoms with Gasteiger partial charge in [-0.05, 0) is 121 Å². The highest BCUT2D eigenvalue weighted by Crippen LogP contribution is 2.51. The molecule has 0 aliphatic carbocycles. The Hall–Kier alpha value is -7.02. The third-order valence-corrected chi connectivity index (χ3v) is 11.4. The smallest absolute Gasteiger partial charge is 0.00139 e. The van der Waals surface area contributed by atoms with Crippen LogP contribution in [-0.4, -0.2) is 0 Å². The first kappa shape index (κ1) is 30.6. The van der Waals surface area contributed by atoms with E-state index in [1.165, 1.54) is 109 Å². The van der Waals surface area contributed by atoms with E-state index in [0.717, 1.165) is 0 Å². The van der Waals surface area contributed by atoms with Gasteiger partial charge in [0.25, 0.3) is 0 Å². The fourth-order valence-electron chi connectivity index (χ4n) is 9.12. The summed E-state index contributed by atoms with van der Waals surface area (Å²) in [5.41, 5.74) is 10.1. The van der Waals surface area contributed by atoms with Crippen LogP contribution in [0.15, 0.2) is 206 Å². The lowest BCUT2D eigenvalue weighted by Gasteiger charge is -2.23. The van der Waals surface area contributed by atoms with Gasteiger partial charge in [0.1, 0.15) is 0 Å². The van der Waals surface area contributed by atoms with Crippen molar-refractivity contribution >= 4 is 64.6 Å². The molecule has 0 heteroatoms. The van der Waals surface area contributed by atoms with E-state index in [1.807, 2.05) is 0 Å². The lowest BCUT2D eigenvalue weighted by Crippen LogP contribution is -1.96. The Kier molecular flexibility index (Phi) is 6.97. The summed E-state index contributed by atoms with van der Waals surface area (Å²) in [5, 5.41) is 15.1. The van der Waals surface area contributed by atoms with Gasteiger partial charge in [0.05, 0.1) is 0 Å². The molecule has 54 heavy (non-hydrogen) atoms. The van der Waals surface area contributed by atoms with Crippen molar-refractivity contribution < 1.29 is 0 Å². The quantitative estimate of drug-likeness (QED) is 0.162. The minimum absolute atomic E-state index is 1.22. The molecule has 0 saturated carbocycles. The van der Waals surface area contributed by atoms with Gasteiger partial charge in [-0.2, -0.15) is 0 Å². The van der Waals surface area contributed by atoms with Gasteiger partial charge in [0.2, 0.25) is 0 Å². The van der Waals surface area contributed by atoms with E-state index < -0.39 is 0 Å². The van der Waals surface area contributed by atoms with Crippen LogP contribution in [0.25, 0.3) is 109 Å². The second kappa shape index (κ2) is 12.3. The summed E-state index contributed by atoms with van der Waals surface area (Å²) in [6.45, 7) is 0. The van der Waals surface area contributed by atoms with Crippen molar-refractivity contribution in [2.75, 3.05) is 0 Å². The van der Waals surface area contributed by atoms with Crippen LogP contribution in [0.2, 0.25) is 0 Å². The maximum Gasteiger partial charge on any atom is -0.00139 e. The van der Waals surface area contributed by atoms with E-state index in [1.54, 1.807) is 0 Å². The SMILES string of the molecule is c1ccc(-c2cc3ccccc3cc2-c2c3ccccc3c(-c3c4ccccc4c(-c4cccc5ccccc45)c4ccccc34)c3ccccc23)cc1. The largest absolute Gasteiger partial charge is 0.0622 e. The van der Waals surface area contributed by atoms with Crippen molar-refractivity contribution in [2.45, 2.75) is 0 Å². The predicted molar refractivity (Wildman–Crippen MR) is 233 cm³/mol. The summed E-state index contributed by atoms with van der Waals surface area (Å²) < 4.78 is 0. The molecule has 250 valence electrons. The van der Waals surface area contributed by atoms with Gasteiger partial charge < -0.3 is 0 Å². The number of hydrogen-bond donors (Lipinski definition) is 0. The molecule has 0 aliphatic rings. The van der Waals surface area contributed by atoms with E-state index in [-0.39, 0.29) is 0 Å². The first-order valence-electron chi connectivity index (χ1n) is 18.8. The van der Waals surface area contributed by atoms with Gasteiger partial charge >= 0.3 is 0 Å². The lowest BCUT2D eigenvalue weighted by molar-refractivity contribution is 1.63. The van der Waals surface area contributed by atoms with Gasteiger partial charge in [-0.15, -0.1) is 0 Å². The van der Waals surface area contributed by atoms with E-state index in [4.69, 9.17) is 0 Å². The normalized spacial score (nSPS) is 11.7. The van der Waals surface area contributed by atoms with Gasteiger partial charge in [-0.3, -0.25) is 0 Å². The summed E-state index contributed by atoms with van der Waals surface area (Å²) >= 11 is 0. The van der Waals surface area contributed by atoms with Crippen LogP contribution in [0, 0.1) is 0 Å². The van der Waals surface area contributed by atoms with Crippen molar-refractivity contribution in [3.05, 3.63) is 206 Å². The van der Waals surface area contributed by atoms with Crippen LogP contribution in [0.4, 0.5) is 0 Å². The summed E-state index contributed by atoms with van der Waals surface area (Å²) in [6, 6.07) is 76.1. The molecule has 0 unspecified atom stereocenters. The fourth-order valence-corrected chi connectivity index (χ4v) is 9.12. The minimum atomic E-state index is 1.22. The zero-order chi connectivity index (χ0) is 35.6. The van der Waals surface area contributed by atoms with Crippen molar-refractivity contribution in [3.8, 4) is 44.5 Å². The highest BCUT2D eigenvalue weighted by molar-refractivity contribution is 6.31. The number of benzene rings is 11. The Labute approximate surface area is 314 Å². The first-order valence-corrected chi connectivity index (χ1v) is 18.8. The Balaban J connectivity index is 1.31. The average molecular weight is 683 g/mol. The topological polar surface area (TPSA) is 0 Å². The van der Waals surface area contributed by atoms with Crippen molar-refractivity contribution in [1.29, 1.82) is 0 Å². The number of rotatable bonds is 4. The Morgan fingerprint density at radius 1 is 0.185 bits per heavy atom. The zero-order valence-electron chi connectivity index (χ0n) is 29.6. The summed E-state index contributed by atoms with van der Waals surface area (Å²) in [5.74, 6) is 0. The van der Waals surface area contributed by atoms with Crippen LogP contribution in [-0.2, 0) is 0 Å². The molecule has 0 saturated heterocycles. The molecule has 0 amide bonds. The van der Waals surface area contributed by atoms with Crippen LogP contribution >= 0.6 is 0 Å². The fraction of sp³-hybridized carbons (Fsp3) is 0. The molecule has 0 bridgehead atoms. The van der Waals surface area contributed by atoms with E-state index in [0.29, 0.717) is 0 Å². The van der Waals surface area contributed by atoms with Gasteiger partial charge in [-0.1, -0.05) is 194 Å². The highest BCUT2D eigenvalue weighted by Gasteiger charge is 2.24. The summed E-state index contributed by atoms with van der Waals surface area (Å²) in [7, 11) is 0. The molecule has 0 aliphatic heterocycles. The maximum atomic E-state index is 2.41. The lowest BCUT2D eigenvalue weighted by atomic mass is 9.79. The molecule has 0 N–H and O–H groups in total.